The second kappa shape index (κ2) is 10.7. The van der Waals surface area contributed by atoms with Gasteiger partial charge in [0.2, 0.25) is 0 Å². The molecule has 0 saturated carbocycles. The number of hydrogen-bond donors (Lipinski definition) is 1. The highest BCUT2D eigenvalue weighted by Crippen LogP contribution is 2.13. The van der Waals surface area contributed by atoms with Gasteiger partial charge in [0, 0.05) is 25.4 Å². The second-order valence-corrected chi connectivity index (χ2v) is 6.13. The van der Waals surface area contributed by atoms with Crippen LogP contribution in [0.4, 0.5) is 0 Å². The lowest BCUT2D eigenvalue weighted by Gasteiger charge is -2.14. The van der Waals surface area contributed by atoms with E-state index in [9.17, 15) is 0 Å². The number of nitrogens with zero attached hydrogens (tertiary/aromatic N) is 1. The molecule has 1 aromatic rings. The van der Waals surface area contributed by atoms with E-state index in [1.54, 1.807) is 0 Å². The van der Waals surface area contributed by atoms with Gasteiger partial charge in [0.15, 0.2) is 0 Å². The average molecular weight is 292 g/mol. The van der Waals surface area contributed by atoms with Gasteiger partial charge >= 0.3 is 0 Å². The topological polar surface area (TPSA) is 34.1 Å². The van der Waals surface area contributed by atoms with Gasteiger partial charge in [0.05, 0.1) is 12.3 Å². The summed E-state index contributed by atoms with van der Waals surface area (Å²) < 4.78 is 5.83. The molecule has 1 heterocycles. The first kappa shape index (κ1) is 18.1. The van der Waals surface area contributed by atoms with Gasteiger partial charge < -0.3 is 10.1 Å². The molecule has 1 unspecified atom stereocenters. The highest BCUT2D eigenvalue weighted by molar-refractivity contribution is 5.13. The van der Waals surface area contributed by atoms with Gasteiger partial charge in [0.25, 0.3) is 0 Å². The van der Waals surface area contributed by atoms with Crippen LogP contribution >= 0.6 is 0 Å². The third-order valence-electron chi connectivity index (χ3n) is 3.75. The van der Waals surface area contributed by atoms with Gasteiger partial charge in [-0.25, -0.2) is 0 Å². The molecule has 0 radical (unpaired) electrons. The summed E-state index contributed by atoms with van der Waals surface area (Å²) >= 11 is 0. The Morgan fingerprint density at radius 2 is 2.05 bits per heavy atom. The first-order chi connectivity index (χ1) is 10.2. The van der Waals surface area contributed by atoms with Gasteiger partial charge in [-0.05, 0) is 24.0 Å². The monoisotopic (exact) mass is 292 g/mol. The molecule has 0 spiro atoms. The predicted molar refractivity (Wildman–Crippen MR) is 89.2 cm³/mol. The van der Waals surface area contributed by atoms with Gasteiger partial charge in [-0.1, -0.05) is 53.0 Å². The zero-order valence-corrected chi connectivity index (χ0v) is 14.2. The molecular formula is C18H32N2O. The van der Waals surface area contributed by atoms with E-state index in [2.05, 4.69) is 50.1 Å². The molecule has 1 rings (SSSR count). The number of aromatic nitrogens is 1. The Morgan fingerprint density at radius 1 is 1.24 bits per heavy atom. The SMILES string of the molecule is CCCCC(CC)COCc1ccc(CNC(C)C)cn1. The molecule has 0 aliphatic heterocycles. The Labute approximate surface area is 130 Å². The van der Waals surface area contributed by atoms with Crippen molar-refractivity contribution in [1.82, 2.24) is 10.3 Å². The standard InChI is InChI=1S/C18H32N2O/c1-5-7-8-16(6-2)13-21-14-18-10-9-17(12-20-18)11-19-15(3)4/h9-10,12,15-16,19H,5-8,11,13-14H2,1-4H3. The van der Waals surface area contributed by atoms with E-state index in [0.29, 0.717) is 18.6 Å². The average Bonchev–Trinajstić information content (AvgIpc) is 2.49. The number of hydrogen-bond acceptors (Lipinski definition) is 3. The number of ether oxygens (including phenoxy) is 1. The van der Waals surface area contributed by atoms with Gasteiger partial charge in [0.1, 0.15) is 0 Å². The lowest BCUT2D eigenvalue weighted by Crippen LogP contribution is -2.21. The van der Waals surface area contributed by atoms with Crippen LogP contribution in [-0.2, 0) is 17.9 Å². The maximum Gasteiger partial charge on any atom is 0.0887 e. The zero-order chi connectivity index (χ0) is 15.5. The van der Waals surface area contributed by atoms with Gasteiger partial charge in [-0.2, -0.15) is 0 Å². The van der Waals surface area contributed by atoms with Crippen molar-refractivity contribution in [3.63, 3.8) is 0 Å². The maximum absolute atomic E-state index is 5.83. The summed E-state index contributed by atoms with van der Waals surface area (Å²) in [6.45, 7) is 11.2. The molecule has 1 atom stereocenters. The number of nitrogens with one attached hydrogen (secondary N) is 1. The summed E-state index contributed by atoms with van der Waals surface area (Å²) in [5.41, 5.74) is 2.25. The quantitative estimate of drug-likeness (QED) is 0.660. The summed E-state index contributed by atoms with van der Waals surface area (Å²) in [6, 6.07) is 4.71. The first-order valence-electron chi connectivity index (χ1n) is 8.40. The van der Waals surface area contributed by atoms with E-state index in [-0.39, 0.29) is 0 Å². The van der Waals surface area contributed by atoms with Crippen LogP contribution in [0.15, 0.2) is 18.3 Å². The molecule has 1 aromatic heterocycles. The normalized spacial score (nSPS) is 12.8. The van der Waals surface area contributed by atoms with Crippen LogP contribution in [-0.4, -0.2) is 17.6 Å². The largest absolute Gasteiger partial charge is 0.375 e. The summed E-state index contributed by atoms with van der Waals surface area (Å²) in [5, 5.41) is 3.40. The van der Waals surface area contributed by atoms with Crippen LogP contribution < -0.4 is 5.32 Å². The van der Waals surface area contributed by atoms with Crippen LogP contribution in [0.3, 0.4) is 0 Å². The minimum atomic E-state index is 0.502. The fraction of sp³-hybridized carbons (Fsp3) is 0.722. The molecule has 0 fully saturated rings. The number of pyridine rings is 1. The lowest BCUT2D eigenvalue weighted by molar-refractivity contribution is 0.0799. The van der Waals surface area contributed by atoms with E-state index in [1.807, 2.05) is 6.20 Å². The molecule has 1 N–H and O–H groups in total. The molecular weight excluding hydrogens is 260 g/mol. The second-order valence-electron chi connectivity index (χ2n) is 6.13. The maximum atomic E-state index is 5.83. The van der Waals surface area contributed by atoms with E-state index < -0.39 is 0 Å². The third kappa shape index (κ3) is 8.18. The van der Waals surface area contributed by atoms with Crippen molar-refractivity contribution >= 4 is 0 Å². The highest BCUT2D eigenvalue weighted by Gasteiger charge is 2.06. The molecule has 0 aromatic carbocycles. The summed E-state index contributed by atoms with van der Waals surface area (Å²) in [6.07, 6.45) is 7.00. The smallest absolute Gasteiger partial charge is 0.0887 e. The molecule has 3 heteroatoms. The van der Waals surface area contributed by atoms with Crippen LogP contribution in [0, 0.1) is 5.92 Å². The van der Waals surface area contributed by atoms with Gasteiger partial charge in [-0.3, -0.25) is 4.98 Å². The van der Waals surface area contributed by atoms with Gasteiger partial charge in [-0.15, -0.1) is 0 Å². The lowest BCUT2D eigenvalue weighted by atomic mass is 10.0. The van der Waals surface area contributed by atoms with Crippen molar-refractivity contribution in [2.75, 3.05) is 6.61 Å². The summed E-state index contributed by atoms with van der Waals surface area (Å²) in [5.74, 6) is 0.694. The number of unbranched alkanes of at least 4 members (excludes halogenated alkanes) is 1. The Morgan fingerprint density at radius 3 is 2.62 bits per heavy atom. The highest BCUT2D eigenvalue weighted by atomic mass is 16.5. The fourth-order valence-electron chi connectivity index (χ4n) is 2.20. The minimum Gasteiger partial charge on any atom is -0.375 e. The van der Waals surface area contributed by atoms with Crippen molar-refractivity contribution in [3.8, 4) is 0 Å². The van der Waals surface area contributed by atoms with Crippen molar-refractivity contribution in [1.29, 1.82) is 0 Å². The van der Waals surface area contributed by atoms with Crippen molar-refractivity contribution in [3.05, 3.63) is 29.6 Å². The Hall–Kier alpha value is -0.930. The Bertz CT molecular complexity index is 362. The summed E-state index contributed by atoms with van der Waals surface area (Å²) in [7, 11) is 0. The van der Waals surface area contributed by atoms with Crippen LogP contribution in [0.5, 0.6) is 0 Å². The van der Waals surface area contributed by atoms with Crippen LogP contribution in [0.1, 0.15) is 64.6 Å². The predicted octanol–water partition coefficient (Wildman–Crippen LogP) is 4.31. The zero-order valence-electron chi connectivity index (χ0n) is 14.2. The van der Waals surface area contributed by atoms with E-state index >= 15 is 0 Å². The molecule has 0 amide bonds. The first-order valence-corrected chi connectivity index (χ1v) is 8.40. The van der Waals surface area contributed by atoms with E-state index in [4.69, 9.17) is 4.74 Å². The fourth-order valence-corrected chi connectivity index (χ4v) is 2.20. The third-order valence-corrected chi connectivity index (χ3v) is 3.75. The Kier molecular flexibility index (Phi) is 9.27. The molecule has 120 valence electrons. The van der Waals surface area contributed by atoms with E-state index in [0.717, 1.165) is 18.8 Å². The molecule has 0 aliphatic rings. The molecule has 3 nitrogen and oxygen atoms in total. The van der Waals surface area contributed by atoms with Crippen LogP contribution in [0.25, 0.3) is 0 Å². The summed E-state index contributed by atoms with van der Waals surface area (Å²) in [4.78, 5) is 4.48. The molecule has 0 saturated heterocycles. The van der Waals surface area contributed by atoms with Crippen molar-refractivity contribution < 1.29 is 4.74 Å². The molecule has 0 bridgehead atoms. The number of rotatable bonds is 11. The Balaban J connectivity index is 2.28. The molecule has 0 aliphatic carbocycles. The minimum absolute atomic E-state index is 0.502. The molecule has 21 heavy (non-hydrogen) atoms. The van der Waals surface area contributed by atoms with E-state index in [1.165, 1.54) is 31.2 Å². The van der Waals surface area contributed by atoms with Crippen molar-refractivity contribution in [2.24, 2.45) is 5.92 Å². The van der Waals surface area contributed by atoms with Crippen molar-refractivity contribution in [2.45, 2.75) is 72.6 Å². The van der Waals surface area contributed by atoms with Crippen LogP contribution in [0.2, 0.25) is 0 Å².